The number of amides is 1. The van der Waals surface area contributed by atoms with Crippen LogP contribution in [-0.4, -0.2) is 28.0 Å². The summed E-state index contributed by atoms with van der Waals surface area (Å²) in [6, 6.07) is 10.6. The average Bonchev–Trinajstić information content (AvgIpc) is 2.63. The number of hydrogen-bond acceptors (Lipinski definition) is 5. The Morgan fingerprint density at radius 1 is 1.00 bits per heavy atom. The van der Waals surface area contributed by atoms with E-state index in [0.717, 1.165) is 11.3 Å². The van der Waals surface area contributed by atoms with Gasteiger partial charge in [0.2, 0.25) is 0 Å². The number of ether oxygens (including phenoxy) is 1. The molecule has 2 heterocycles. The largest absolute Gasteiger partial charge is 0.497 e. The first-order valence-corrected chi connectivity index (χ1v) is 6.93. The van der Waals surface area contributed by atoms with Gasteiger partial charge in [0.1, 0.15) is 12.1 Å². The van der Waals surface area contributed by atoms with Crippen molar-refractivity contribution in [1.29, 1.82) is 0 Å². The number of nitrogens with zero attached hydrogens (tertiary/aromatic N) is 3. The maximum absolute atomic E-state index is 12.2. The van der Waals surface area contributed by atoms with Crippen molar-refractivity contribution >= 4 is 11.6 Å². The first kappa shape index (κ1) is 14.6. The van der Waals surface area contributed by atoms with Crippen LogP contribution in [0.5, 0.6) is 5.75 Å². The number of methoxy groups -OCH3 is 1. The second-order valence-corrected chi connectivity index (χ2v) is 4.74. The highest BCUT2D eigenvalue weighted by Crippen LogP contribution is 2.17. The Hall–Kier alpha value is -3.28. The molecule has 0 saturated heterocycles. The molecule has 1 aromatic carbocycles. The molecule has 0 aliphatic carbocycles. The Morgan fingerprint density at radius 2 is 1.74 bits per heavy atom. The van der Waals surface area contributed by atoms with Crippen LogP contribution in [0.15, 0.2) is 61.3 Å². The van der Waals surface area contributed by atoms with Gasteiger partial charge >= 0.3 is 0 Å². The summed E-state index contributed by atoms with van der Waals surface area (Å²) in [5.41, 5.74) is 2.68. The number of aromatic nitrogens is 3. The first-order valence-electron chi connectivity index (χ1n) is 6.93. The molecule has 1 N–H and O–H groups in total. The van der Waals surface area contributed by atoms with Crippen LogP contribution in [0.25, 0.3) is 11.3 Å². The van der Waals surface area contributed by atoms with Crippen molar-refractivity contribution in [2.75, 3.05) is 12.4 Å². The van der Waals surface area contributed by atoms with E-state index in [9.17, 15) is 4.79 Å². The number of rotatable bonds is 4. The van der Waals surface area contributed by atoms with Gasteiger partial charge in [0.15, 0.2) is 0 Å². The van der Waals surface area contributed by atoms with Gasteiger partial charge < -0.3 is 10.1 Å². The van der Waals surface area contributed by atoms with E-state index < -0.39 is 0 Å². The van der Waals surface area contributed by atoms with Crippen LogP contribution in [0.1, 0.15) is 10.4 Å². The Balaban J connectivity index is 1.72. The van der Waals surface area contributed by atoms with Gasteiger partial charge in [-0.15, -0.1) is 0 Å². The first-order chi connectivity index (χ1) is 11.3. The lowest BCUT2D eigenvalue weighted by molar-refractivity contribution is 0.102. The number of pyridine rings is 1. The fourth-order valence-electron chi connectivity index (χ4n) is 2.01. The number of nitrogens with one attached hydrogen (secondary N) is 1. The van der Waals surface area contributed by atoms with Crippen molar-refractivity contribution in [3.8, 4) is 17.0 Å². The molecular formula is C17H14N4O2. The lowest BCUT2D eigenvalue weighted by Crippen LogP contribution is -2.12. The second kappa shape index (κ2) is 6.65. The summed E-state index contributed by atoms with van der Waals surface area (Å²) in [6.07, 6.45) is 6.33. The Morgan fingerprint density at radius 3 is 2.35 bits per heavy atom. The van der Waals surface area contributed by atoms with Crippen LogP contribution in [0.2, 0.25) is 0 Å². The van der Waals surface area contributed by atoms with Gasteiger partial charge in [-0.05, 0) is 36.4 Å². The molecule has 0 radical (unpaired) electrons. The van der Waals surface area contributed by atoms with E-state index in [1.54, 1.807) is 55.9 Å². The summed E-state index contributed by atoms with van der Waals surface area (Å²) in [5, 5.41) is 2.81. The molecule has 0 unspecified atom stereocenters. The van der Waals surface area contributed by atoms with Crippen molar-refractivity contribution in [2.24, 2.45) is 0 Å². The zero-order valence-electron chi connectivity index (χ0n) is 12.4. The van der Waals surface area contributed by atoms with Crippen molar-refractivity contribution in [3.63, 3.8) is 0 Å². The Kier molecular flexibility index (Phi) is 4.24. The smallest absolute Gasteiger partial charge is 0.257 e. The summed E-state index contributed by atoms with van der Waals surface area (Å²) in [5.74, 6) is 0.512. The zero-order valence-corrected chi connectivity index (χ0v) is 12.4. The molecule has 3 rings (SSSR count). The van der Waals surface area contributed by atoms with Gasteiger partial charge in [-0.25, -0.2) is 9.97 Å². The highest BCUT2D eigenvalue weighted by Gasteiger charge is 2.08. The minimum absolute atomic E-state index is 0.224. The van der Waals surface area contributed by atoms with Crippen LogP contribution in [0.3, 0.4) is 0 Å². The molecule has 2 aromatic heterocycles. The average molecular weight is 306 g/mol. The van der Waals surface area contributed by atoms with Crippen LogP contribution in [-0.2, 0) is 0 Å². The molecule has 0 spiro atoms. The van der Waals surface area contributed by atoms with Gasteiger partial charge in [0, 0.05) is 29.8 Å². The quantitative estimate of drug-likeness (QED) is 0.802. The number of carbonyl (C=O) groups excluding carboxylic acids is 1. The molecule has 114 valence electrons. The van der Waals surface area contributed by atoms with E-state index in [0.29, 0.717) is 16.9 Å². The van der Waals surface area contributed by atoms with Crippen LogP contribution < -0.4 is 10.1 Å². The molecule has 6 heteroatoms. The molecule has 3 aromatic rings. The maximum Gasteiger partial charge on any atom is 0.257 e. The van der Waals surface area contributed by atoms with Gasteiger partial charge in [0.25, 0.3) is 5.91 Å². The van der Waals surface area contributed by atoms with Crippen molar-refractivity contribution < 1.29 is 9.53 Å². The second-order valence-electron chi connectivity index (χ2n) is 4.74. The van der Waals surface area contributed by atoms with E-state index in [2.05, 4.69) is 20.3 Å². The molecule has 0 saturated carbocycles. The molecule has 0 aliphatic heterocycles. The molecule has 23 heavy (non-hydrogen) atoms. The van der Waals surface area contributed by atoms with Crippen molar-refractivity contribution in [2.45, 2.75) is 0 Å². The Bertz CT molecular complexity index is 787. The van der Waals surface area contributed by atoms with Crippen molar-refractivity contribution in [3.05, 3.63) is 66.9 Å². The fourth-order valence-corrected chi connectivity index (χ4v) is 2.01. The van der Waals surface area contributed by atoms with Crippen molar-refractivity contribution in [1.82, 2.24) is 15.0 Å². The maximum atomic E-state index is 12.2. The van der Waals surface area contributed by atoms with Crippen LogP contribution >= 0.6 is 0 Å². The monoisotopic (exact) mass is 306 g/mol. The van der Waals surface area contributed by atoms with Crippen LogP contribution in [0.4, 0.5) is 5.69 Å². The Labute approximate surface area is 133 Å². The van der Waals surface area contributed by atoms with E-state index in [4.69, 9.17) is 4.74 Å². The summed E-state index contributed by atoms with van der Waals surface area (Å²) < 4.78 is 5.08. The molecule has 6 nitrogen and oxygen atoms in total. The molecule has 0 aliphatic rings. The minimum atomic E-state index is -0.224. The lowest BCUT2D eigenvalue weighted by atomic mass is 10.2. The van der Waals surface area contributed by atoms with Crippen LogP contribution in [0, 0.1) is 0 Å². The highest BCUT2D eigenvalue weighted by molar-refractivity contribution is 6.04. The summed E-state index contributed by atoms with van der Waals surface area (Å²) >= 11 is 0. The van der Waals surface area contributed by atoms with Gasteiger partial charge in [-0.1, -0.05) is 0 Å². The predicted molar refractivity (Wildman–Crippen MR) is 86.2 cm³/mol. The summed E-state index contributed by atoms with van der Waals surface area (Å²) in [6.45, 7) is 0. The predicted octanol–water partition coefficient (Wildman–Crippen LogP) is 2.80. The van der Waals surface area contributed by atoms with Gasteiger partial charge in [-0.2, -0.15) is 0 Å². The standard InChI is InChI=1S/C17H14N4O2/c1-23-15-5-3-14(4-6-15)21-17(22)12-2-7-16(20-10-12)13-8-18-11-19-9-13/h2-11H,1H3,(H,21,22). The third-order valence-electron chi connectivity index (χ3n) is 3.23. The van der Waals surface area contributed by atoms with Gasteiger partial charge in [-0.3, -0.25) is 9.78 Å². The lowest BCUT2D eigenvalue weighted by Gasteiger charge is -2.07. The van der Waals surface area contributed by atoms with E-state index in [-0.39, 0.29) is 5.91 Å². The highest BCUT2D eigenvalue weighted by atomic mass is 16.5. The summed E-state index contributed by atoms with van der Waals surface area (Å²) in [7, 11) is 1.60. The number of carbonyl (C=O) groups is 1. The normalized spacial score (nSPS) is 10.1. The number of anilines is 1. The van der Waals surface area contributed by atoms with Gasteiger partial charge in [0.05, 0.1) is 18.4 Å². The molecular weight excluding hydrogens is 292 g/mol. The minimum Gasteiger partial charge on any atom is -0.497 e. The molecule has 0 bridgehead atoms. The summed E-state index contributed by atoms with van der Waals surface area (Å²) in [4.78, 5) is 24.4. The molecule has 1 amide bonds. The van der Waals surface area contributed by atoms with E-state index in [1.165, 1.54) is 12.5 Å². The number of hydrogen-bond donors (Lipinski definition) is 1. The zero-order chi connectivity index (χ0) is 16.1. The SMILES string of the molecule is COc1ccc(NC(=O)c2ccc(-c3cncnc3)nc2)cc1. The topological polar surface area (TPSA) is 77.0 Å². The van der Waals surface area contributed by atoms with E-state index in [1.807, 2.05) is 0 Å². The molecule has 0 atom stereocenters. The molecule has 0 fully saturated rings. The fraction of sp³-hybridized carbons (Fsp3) is 0.0588. The third kappa shape index (κ3) is 3.49. The third-order valence-corrected chi connectivity index (χ3v) is 3.23. The van der Waals surface area contributed by atoms with E-state index >= 15 is 0 Å². The number of benzene rings is 1.